The molecule has 0 saturated heterocycles. The van der Waals surface area contributed by atoms with Gasteiger partial charge < -0.3 is 0 Å². The van der Waals surface area contributed by atoms with Gasteiger partial charge in [-0.1, -0.05) is 199 Å². The number of para-hydroxylation sites is 1. The van der Waals surface area contributed by atoms with Gasteiger partial charge in [0.2, 0.25) is 0 Å². The molecule has 0 atom stereocenters. The van der Waals surface area contributed by atoms with Crippen molar-refractivity contribution in [3.05, 3.63) is 59.7 Å². The van der Waals surface area contributed by atoms with E-state index in [1.54, 1.807) is 0 Å². The molecule has 0 aromatic heterocycles. The summed E-state index contributed by atoms with van der Waals surface area (Å²) < 4.78 is 0. The molecule has 0 amide bonds. The zero-order valence-electron chi connectivity index (χ0n) is 33.3. The molecule has 0 fully saturated rings. The Kier molecular flexibility index (Phi) is 30.7. The Morgan fingerprint density at radius 3 is 1.06 bits per heavy atom. The van der Waals surface area contributed by atoms with Gasteiger partial charge in [-0.15, -0.1) is 0 Å². The summed E-state index contributed by atoms with van der Waals surface area (Å²) in [5.74, 6) is 0. The van der Waals surface area contributed by atoms with Crippen LogP contribution in [0.5, 0.6) is 0 Å². The normalized spacial score (nSPS) is 12.0. The van der Waals surface area contributed by atoms with E-state index in [1.165, 1.54) is 196 Å². The largest absolute Gasteiger partial charge is 0.252 e. The minimum absolute atomic E-state index is 0. The molecule has 0 saturated carbocycles. The zero-order valence-corrected chi connectivity index (χ0v) is 34.3. The van der Waals surface area contributed by atoms with Gasteiger partial charge in [0.25, 0.3) is 0 Å². The molecule has 2 aromatic carbocycles. The van der Waals surface area contributed by atoms with Crippen molar-refractivity contribution in [3.8, 4) is 0 Å². The summed E-state index contributed by atoms with van der Waals surface area (Å²) in [4.78, 5) is 10.4. The predicted octanol–water partition coefficient (Wildman–Crippen LogP) is 16.5. The fourth-order valence-corrected chi connectivity index (χ4v) is 7.16. The molecule has 0 spiro atoms. The van der Waals surface area contributed by atoms with Crippen molar-refractivity contribution in [3.63, 3.8) is 0 Å². The molecule has 286 valence electrons. The minimum atomic E-state index is 0. The first kappa shape index (κ1) is 46.3. The van der Waals surface area contributed by atoms with E-state index in [4.69, 9.17) is 9.98 Å². The smallest absolute Gasteiger partial charge is 0.0639 e. The third kappa shape index (κ3) is 25.3. The molecule has 0 unspecified atom stereocenters. The minimum Gasteiger partial charge on any atom is -0.252 e. The molecule has 0 heterocycles. The molecule has 0 N–H and O–H groups in total. The maximum Gasteiger partial charge on any atom is 0.0639 e. The number of unbranched alkanes of at least 4 members (excludes halogenated alkanes) is 25. The number of aryl methyl sites for hydroxylation is 2. The number of hydrogen-bond acceptors (Lipinski definition) is 2. The van der Waals surface area contributed by atoms with Crippen LogP contribution in [0.15, 0.2) is 58.5 Å². The summed E-state index contributed by atoms with van der Waals surface area (Å²) in [6.45, 7) is 8.92. The van der Waals surface area contributed by atoms with E-state index in [2.05, 4.69) is 76.2 Å². The van der Waals surface area contributed by atoms with Crippen LogP contribution in [-0.4, -0.2) is 11.4 Å². The average Bonchev–Trinajstić information content (AvgIpc) is 3.09. The standard InChI is InChI=1S/C47H78N2.Ni/c1-5-7-9-10-11-12-13-14-15-16-17-18-19-20-21-22-23-24-25-26-27-28-29-34-38-46(48-44-35-32-30-33-36-44)47(37-31-8-6-2)49-45-40-42(3)39-43(4)41-45;/h30,32-33,35-36,39-41H,5-29,31,34,37-38H2,1-4H3;/b48-46-,49-47+;. The van der Waals surface area contributed by atoms with Crippen molar-refractivity contribution < 1.29 is 16.5 Å². The number of aliphatic imine (C=N–C) groups is 2. The van der Waals surface area contributed by atoms with E-state index in [-0.39, 0.29) is 16.5 Å². The third-order valence-corrected chi connectivity index (χ3v) is 10.1. The van der Waals surface area contributed by atoms with Gasteiger partial charge in [0, 0.05) is 16.5 Å². The molecule has 0 radical (unpaired) electrons. The summed E-state index contributed by atoms with van der Waals surface area (Å²) in [5, 5.41) is 0. The van der Waals surface area contributed by atoms with Gasteiger partial charge in [-0.05, 0) is 74.9 Å². The SMILES string of the molecule is CCCCCCCCCCCCCCCCCCCCCCCCCCC(=N/c1ccccc1)/C(CCCCC)=N/c1cc(C)cc(C)c1.[Ni]. The van der Waals surface area contributed by atoms with Crippen molar-refractivity contribution in [2.24, 2.45) is 9.98 Å². The number of nitrogens with zero attached hydrogens (tertiary/aromatic N) is 2. The first-order valence-electron chi connectivity index (χ1n) is 21.4. The molecule has 50 heavy (non-hydrogen) atoms. The van der Waals surface area contributed by atoms with E-state index in [0.717, 1.165) is 24.2 Å². The van der Waals surface area contributed by atoms with Gasteiger partial charge >= 0.3 is 0 Å². The van der Waals surface area contributed by atoms with E-state index in [1.807, 2.05) is 0 Å². The monoisotopic (exact) mass is 729 g/mol. The van der Waals surface area contributed by atoms with Crippen LogP contribution in [0.3, 0.4) is 0 Å². The van der Waals surface area contributed by atoms with Crippen molar-refractivity contribution in [1.29, 1.82) is 0 Å². The quantitative estimate of drug-likeness (QED) is 0.0407. The number of hydrogen-bond donors (Lipinski definition) is 0. The van der Waals surface area contributed by atoms with Gasteiger partial charge in [-0.2, -0.15) is 0 Å². The first-order valence-corrected chi connectivity index (χ1v) is 21.4. The summed E-state index contributed by atoms with van der Waals surface area (Å²) >= 11 is 0. The molecule has 2 rings (SSSR count). The molecule has 0 aliphatic heterocycles. The van der Waals surface area contributed by atoms with Crippen LogP contribution in [0, 0.1) is 13.8 Å². The summed E-state index contributed by atoms with van der Waals surface area (Å²) in [5.41, 5.74) is 7.06. The fourth-order valence-electron chi connectivity index (χ4n) is 7.16. The second-order valence-electron chi connectivity index (χ2n) is 15.1. The first-order chi connectivity index (χ1) is 24.1. The van der Waals surface area contributed by atoms with Gasteiger partial charge in [-0.3, -0.25) is 9.98 Å². The molecular formula is C47H78N2Ni. The molecule has 2 aromatic rings. The Labute approximate surface area is 321 Å². The third-order valence-electron chi connectivity index (χ3n) is 10.1. The summed E-state index contributed by atoms with van der Waals surface area (Å²) in [7, 11) is 0. The van der Waals surface area contributed by atoms with E-state index in [9.17, 15) is 0 Å². The topological polar surface area (TPSA) is 24.7 Å². The van der Waals surface area contributed by atoms with Crippen LogP contribution >= 0.6 is 0 Å². The Balaban J connectivity index is 0.0000125. The van der Waals surface area contributed by atoms with Crippen LogP contribution in [-0.2, 0) is 16.5 Å². The van der Waals surface area contributed by atoms with E-state index in [0.29, 0.717) is 0 Å². The maximum atomic E-state index is 5.25. The summed E-state index contributed by atoms with van der Waals surface area (Å²) in [6, 6.07) is 17.2. The van der Waals surface area contributed by atoms with Crippen LogP contribution in [0.25, 0.3) is 0 Å². The van der Waals surface area contributed by atoms with Crippen molar-refractivity contribution in [2.45, 2.75) is 214 Å². The molecule has 0 aliphatic carbocycles. The predicted molar refractivity (Wildman–Crippen MR) is 222 cm³/mol. The number of benzene rings is 2. The van der Waals surface area contributed by atoms with E-state index < -0.39 is 0 Å². The Bertz CT molecular complexity index is 1090. The second kappa shape index (κ2) is 33.1. The molecular weight excluding hydrogens is 651 g/mol. The van der Waals surface area contributed by atoms with E-state index >= 15 is 0 Å². The van der Waals surface area contributed by atoms with Gasteiger partial charge in [0.05, 0.1) is 22.8 Å². The Morgan fingerprint density at radius 2 is 0.680 bits per heavy atom. The van der Waals surface area contributed by atoms with Crippen LogP contribution < -0.4 is 0 Å². The summed E-state index contributed by atoms with van der Waals surface area (Å²) in [6.07, 6.45) is 39.9. The Morgan fingerprint density at radius 1 is 0.380 bits per heavy atom. The molecule has 0 aliphatic rings. The van der Waals surface area contributed by atoms with Crippen LogP contribution in [0.1, 0.15) is 211 Å². The van der Waals surface area contributed by atoms with Crippen molar-refractivity contribution in [1.82, 2.24) is 0 Å². The Hall–Kier alpha value is -1.73. The van der Waals surface area contributed by atoms with Gasteiger partial charge in [0.1, 0.15) is 0 Å². The maximum absolute atomic E-state index is 5.25. The van der Waals surface area contributed by atoms with Gasteiger partial charge in [-0.25, -0.2) is 0 Å². The molecule has 2 nitrogen and oxygen atoms in total. The molecule has 0 bridgehead atoms. The molecule has 3 heteroatoms. The zero-order chi connectivity index (χ0) is 35.0. The van der Waals surface area contributed by atoms with Crippen molar-refractivity contribution in [2.75, 3.05) is 0 Å². The van der Waals surface area contributed by atoms with Crippen LogP contribution in [0.2, 0.25) is 0 Å². The van der Waals surface area contributed by atoms with Crippen LogP contribution in [0.4, 0.5) is 11.4 Å². The van der Waals surface area contributed by atoms with Crippen molar-refractivity contribution >= 4 is 22.8 Å². The fraction of sp³-hybridized carbons (Fsp3) is 0.702. The second-order valence-corrected chi connectivity index (χ2v) is 15.1. The average molecular weight is 730 g/mol. The van der Waals surface area contributed by atoms with Gasteiger partial charge in [0.15, 0.2) is 0 Å². The number of rotatable bonds is 32.